The Morgan fingerprint density at radius 3 is 2.69 bits per heavy atom. The number of rotatable bonds is 3. The zero-order chi connectivity index (χ0) is 9.90. The van der Waals surface area contributed by atoms with Gasteiger partial charge in [0.1, 0.15) is 0 Å². The fourth-order valence-electron chi connectivity index (χ4n) is 0.797. The van der Waals surface area contributed by atoms with E-state index < -0.39 is 10.4 Å². The monoisotopic (exact) mass is 204 g/mol. The molecule has 0 atom stereocenters. The maximum atomic E-state index is 12.3. The predicted molar refractivity (Wildman–Crippen MR) is 45.7 cm³/mol. The first-order chi connectivity index (χ1) is 6.00. The molecule has 0 amide bonds. The molecule has 0 aliphatic rings. The number of nitrogens with zero attached hydrogens (tertiary/aromatic N) is 2. The van der Waals surface area contributed by atoms with Gasteiger partial charge in [0.25, 0.3) is 0 Å². The first-order valence-electron chi connectivity index (χ1n) is 3.56. The van der Waals surface area contributed by atoms with E-state index in [0.717, 1.165) is 7.05 Å². The molecule has 0 spiro atoms. The van der Waals surface area contributed by atoms with Crippen LogP contribution in [0.1, 0.15) is 5.69 Å². The van der Waals surface area contributed by atoms with E-state index >= 15 is 0 Å². The van der Waals surface area contributed by atoms with Crippen LogP contribution in [0.2, 0.25) is 0 Å². The second-order valence-corrected chi connectivity index (χ2v) is 3.97. The summed E-state index contributed by atoms with van der Waals surface area (Å²) in [6.45, 7) is -0.0559. The molecular weight excluding hydrogens is 195 g/mol. The lowest BCUT2D eigenvalue weighted by molar-refractivity contribution is 0.426. The molecule has 6 heteroatoms. The Balaban J connectivity index is 2.72. The van der Waals surface area contributed by atoms with E-state index in [-0.39, 0.29) is 6.54 Å². The van der Waals surface area contributed by atoms with Gasteiger partial charge in [0.15, 0.2) is 0 Å². The number of pyridine rings is 1. The summed E-state index contributed by atoms with van der Waals surface area (Å²) in [5.41, 5.74) is 0.506. The van der Waals surface area contributed by atoms with Crippen molar-refractivity contribution >= 4 is 10.4 Å². The summed E-state index contributed by atoms with van der Waals surface area (Å²) >= 11 is 0. The van der Waals surface area contributed by atoms with Gasteiger partial charge >= 0.3 is 10.4 Å². The summed E-state index contributed by atoms with van der Waals surface area (Å²) in [5.74, 6) is 0. The SMILES string of the molecule is CN(Cc1ccccn1)S(=O)(=O)F. The third-order valence-corrected chi connectivity index (χ3v) is 2.36. The molecule has 0 N–H and O–H groups in total. The fraction of sp³-hybridized carbons (Fsp3) is 0.286. The molecule has 1 aromatic rings. The highest BCUT2D eigenvalue weighted by atomic mass is 32.3. The molecule has 1 aromatic heterocycles. The van der Waals surface area contributed by atoms with Gasteiger partial charge in [-0.3, -0.25) is 4.98 Å². The highest BCUT2D eigenvalue weighted by molar-refractivity contribution is 7.83. The first-order valence-corrected chi connectivity index (χ1v) is 4.90. The minimum Gasteiger partial charge on any atom is -0.260 e. The van der Waals surface area contributed by atoms with Crippen molar-refractivity contribution in [3.8, 4) is 0 Å². The van der Waals surface area contributed by atoms with E-state index in [1.54, 1.807) is 18.2 Å². The van der Waals surface area contributed by atoms with Crippen LogP contribution in [0.5, 0.6) is 0 Å². The van der Waals surface area contributed by atoms with Crippen molar-refractivity contribution < 1.29 is 12.3 Å². The van der Waals surface area contributed by atoms with Crippen LogP contribution < -0.4 is 0 Å². The van der Waals surface area contributed by atoms with Crippen LogP contribution >= 0.6 is 0 Å². The van der Waals surface area contributed by atoms with Gasteiger partial charge in [-0.1, -0.05) is 9.95 Å². The Kier molecular flexibility index (Phi) is 2.94. The summed E-state index contributed by atoms with van der Waals surface area (Å²) < 4.78 is 33.7. The lowest BCUT2D eigenvalue weighted by atomic mass is 10.3. The minimum absolute atomic E-state index is 0.0559. The van der Waals surface area contributed by atoms with Crippen molar-refractivity contribution in [3.05, 3.63) is 30.1 Å². The van der Waals surface area contributed by atoms with Crippen molar-refractivity contribution in [1.29, 1.82) is 0 Å². The summed E-state index contributed by atoms with van der Waals surface area (Å²) in [4.78, 5) is 3.86. The van der Waals surface area contributed by atoms with Gasteiger partial charge in [-0.05, 0) is 12.1 Å². The van der Waals surface area contributed by atoms with E-state index in [1.165, 1.54) is 6.20 Å². The van der Waals surface area contributed by atoms with Gasteiger partial charge in [0.05, 0.1) is 12.2 Å². The molecule has 0 saturated carbocycles. The van der Waals surface area contributed by atoms with Crippen LogP contribution in [-0.2, 0) is 17.0 Å². The second kappa shape index (κ2) is 3.80. The maximum Gasteiger partial charge on any atom is 0.374 e. The van der Waals surface area contributed by atoms with Crippen molar-refractivity contribution in [2.45, 2.75) is 6.54 Å². The molecule has 0 aliphatic carbocycles. The summed E-state index contributed by atoms with van der Waals surface area (Å²) in [6, 6.07) is 5.04. The van der Waals surface area contributed by atoms with Gasteiger partial charge in [-0.25, -0.2) is 0 Å². The molecule has 1 heterocycles. The molecule has 0 radical (unpaired) electrons. The predicted octanol–water partition coefficient (Wildman–Crippen LogP) is 0.728. The molecule has 13 heavy (non-hydrogen) atoms. The Hall–Kier alpha value is -1.01. The van der Waals surface area contributed by atoms with E-state index in [0.29, 0.717) is 10.00 Å². The lowest BCUT2D eigenvalue weighted by Crippen LogP contribution is -2.22. The molecule has 0 bridgehead atoms. The number of halogens is 1. The number of aromatic nitrogens is 1. The lowest BCUT2D eigenvalue weighted by Gasteiger charge is -2.09. The molecule has 0 saturated heterocycles. The van der Waals surface area contributed by atoms with E-state index in [9.17, 15) is 12.3 Å². The van der Waals surface area contributed by atoms with Crippen LogP contribution in [-0.4, -0.2) is 24.8 Å². The highest BCUT2D eigenvalue weighted by Gasteiger charge is 2.15. The number of hydrogen-bond acceptors (Lipinski definition) is 3. The third-order valence-electron chi connectivity index (χ3n) is 1.48. The van der Waals surface area contributed by atoms with Gasteiger partial charge < -0.3 is 0 Å². The topological polar surface area (TPSA) is 50.3 Å². The largest absolute Gasteiger partial charge is 0.374 e. The Morgan fingerprint density at radius 1 is 1.54 bits per heavy atom. The molecule has 0 fully saturated rings. The van der Waals surface area contributed by atoms with Crippen LogP contribution in [0.25, 0.3) is 0 Å². The molecule has 4 nitrogen and oxygen atoms in total. The smallest absolute Gasteiger partial charge is 0.260 e. The summed E-state index contributed by atoms with van der Waals surface area (Å²) in [5, 5.41) is 0. The number of hydrogen-bond donors (Lipinski definition) is 0. The molecule has 0 aromatic carbocycles. The quantitative estimate of drug-likeness (QED) is 0.682. The zero-order valence-electron chi connectivity index (χ0n) is 7.01. The van der Waals surface area contributed by atoms with Crippen molar-refractivity contribution in [3.63, 3.8) is 0 Å². The highest BCUT2D eigenvalue weighted by Crippen LogP contribution is 2.04. The van der Waals surface area contributed by atoms with Gasteiger partial charge in [0, 0.05) is 13.2 Å². The van der Waals surface area contributed by atoms with Gasteiger partial charge in [0.2, 0.25) is 0 Å². The Labute approximate surface area is 76.4 Å². The molecule has 1 rings (SSSR count). The van der Waals surface area contributed by atoms with Crippen molar-refractivity contribution in [1.82, 2.24) is 9.29 Å². The summed E-state index contributed by atoms with van der Waals surface area (Å²) in [6.07, 6.45) is 1.52. The maximum absolute atomic E-state index is 12.3. The molecule has 0 unspecified atom stereocenters. The van der Waals surface area contributed by atoms with Gasteiger partial charge in [-0.15, -0.1) is 0 Å². The molecular formula is C7H9FN2O2S. The standard InChI is InChI=1S/C7H9FN2O2S/c1-10(13(8,11)12)6-7-4-2-3-5-9-7/h2-5H,6H2,1H3. The van der Waals surface area contributed by atoms with Gasteiger partial charge in [-0.2, -0.15) is 12.7 Å². The van der Waals surface area contributed by atoms with Crippen LogP contribution in [0.3, 0.4) is 0 Å². The Morgan fingerprint density at radius 2 is 2.23 bits per heavy atom. The van der Waals surface area contributed by atoms with Crippen LogP contribution in [0.15, 0.2) is 24.4 Å². The molecule has 72 valence electrons. The normalized spacial score (nSPS) is 11.9. The third kappa shape index (κ3) is 3.08. The second-order valence-electron chi connectivity index (χ2n) is 2.52. The molecule has 0 aliphatic heterocycles. The van der Waals surface area contributed by atoms with E-state index in [2.05, 4.69) is 4.98 Å². The zero-order valence-corrected chi connectivity index (χ0v) is 7.83. The van der Waals surface area contributed by atoms with E-state index in [4.69, 9.17) is 0 Å². The van der Waals surface area contributed by atoms with Crippen molar-refractivity contribution in [2.24, 2.45) is 0 Å². The average Bonchev–Trinajstić information content (AvgIpc) is 2.04. The van der Waals surface area contributed by atoms with Crippen LogP contribution in [0.4, 0.5) is 3.89 Å². The van der Waals surface area contributed by atoms with Crippen LogP contribution in [0, 0.1) is 0 Å². The summed E-state index contributed by atoms with van der Waals surface area (Å²) in [7, 11) is -3.45. The fourth-order valence-corrected chi connectivity index (χ4v) is 1.08. The first kappa shape index (κ1) is 10.1. The van der Waals surface area contributed by atoms with Crippen molar-refractivity contribution in [2.75, 3.05) is 7.05 Å². The van der Waals surface area contributed by atoms with E-state index in [1.807, 2.05) is 0 Å². The minimum atomic E-state index is -4.61. The Bertz CT molecular complexity index is 365. The average molecular weight is 204 g/mol.